The summed E-state index contributed by atoms with van der Waals surface area (Å²) in [5.74, 6) is -1.42. The number of carbonyl (C=O) groups is 2. The first-order valence-electron chi connectivity index (χ1n) is 9.30. The Labute approximate surface area is 174 Å². The van der Waals surface area contributed by atoms with Crippen LogP contribution >= 0.6 is 0 Å². The number of non-ortho nitro benzene ring substituents is 1. The molecule has 0 bridgehead atoms. The second kappa shape index (κ2) is 14.2. The SMILES string of the molecule is C=CCOCC(CC[C@@H](NC(=O)c1ccc([N+](=O)[O-])cc1)C(=O)NO)OCOCC. The minimum atomic E-state index is -1.06. The molecule has 166 valence electrons. The zero-order chi connectivity index (χ0) is 22.4. The van der Waals surface area contributed by atoms with Crippen LogP contribution in [0.25, 0.3) is 0 Å². The molecule has 2 amide bonds. The molecular weight excluding hydrogens is 398 g/mol. The van der Waals surface area contributed by atoms with Crippen molar-refractivity contribution in [2.75, 3.05) is 26.6 Å². The maximum Gasteiger partial charge on any atom is 0.269 e. The lowest BCUT2D eigenvalue weighted by Gasteiger charge is -2.21. The van der Waals surface area contributed by atoms with E-state index in [1.165, 1.54) is 29.7 Å². The van der Waals surface area contributed by atoms with Crippen molar-refractivity contribution in [3.05, 3.63) is 52.6 Å². The van der Waals surface area contributed by atoms with E-state index in [9.17, 15) is 19.7 Å². The third-order valence-electron chi connectivity index (χ3n) is 3.98. The van der Waals surface area contributed by atoms with Crippen molar-refractivity contribution < 1.29 is 33.9 Å². The molecular formula is C19H27N3O8. The van der Waals surface area contributed by atoms with E-state index in [4.69, 9.17) is 19.4 Å². The molecule has 1 unspecified atom stereocenters. The van der Waals surface area contributed by atoms with Gasteiger partial charge in [-0.1, -0.05) is 6.08 Å². The Morgan fingerprint density at radius 3 is 2.53 bits per heavy atom. The maximum atomic E-state index is 12.4. The lowest BCUT2D eigenvalue weighted by molar-refractivity contribution is -0.384. The highest BCUT2D eigenvalue weighted by atomic mass is 16.7. The van der Waals surface area contributed by atoms with Crippen LogP contribution < -0.4 is 10.8 Å². The topological polar surface area (TPSA) is 149 Å². The van der Waals surface area contributed by atoms with Gasteiger partial charge in [-0.15, -0.1) is 6.58 Å². The fourth-order valence-corrected chi connectivity index (χ4v) is 2.40. The lowest BCUT2D eigenvalue weighted by Crippen LogP contribution is -2.46. The Bertz CT molecular complexity index is 696. The van der Waals surface area contributed by atoms with Gasteiger partial charge in [0, 0.05) is 24.3 Å². The number of nitrogens with one attached hydrogen (secondary N) is 2. The van der Waals surface area contributed by atoms with Gasteiger partial charge in [0.1, 0.15) is 12.8 Å². The molecule has 0 fully saturated rings. The third kappa shape index (κ3) is 9.09. The molecule has 3 N–H and O–H groups in total. The van der Waals surface area contributed by atoms with Crippen molar-refractivity contribution in [3.63, 3.8) is 0 Å². The number of hydrogen-bond donors (Lipinski definition) is 3. The van der Waals surface area contributed by atoms with E-state index in [0.29, 0.717) is 19.6 Å². The summed E-state index contributed by atoms with van der Waals surface area (Å²) in [6.45, 7) is 6.45. The van der Waals surface area contributed by atoms with E-state index in [0.717, 1.165) is 0 Å². The molecule has 1 aromatic carbocycles. The first-order chi connectivity index (χ1) is 14.4. The molecule has 11 heteroatoms. The third-order valence-corrected chi connectivity index (χ3v) is 3.98. The number of amides is 2. The summed E-state index contributed by atoms with van der Waals surface area (Å²) < 4.78 is 16.1. The largest absolute Gasteiger partial charge is 0.375 e. The molecule has 0 saturated heterocycles. The van der Waals surface area contributed by atoms with Crippen molar-refractivity contribution >= 4 is 17.5 Å². The monoisotopic (exact) mass is 425 g/mol. The van der Waals surface area contributed by atoms with Crippen molar-refractivity contribution in [2.24, 2.45) is 0 Å². The van der Waals surface area contributed by atoms with Crippen LogP contribution in [0.2, 0.25) is 0 Å². The number of carbonyl (C=O) groups excluding carboxylic acids is 2. The van der Waals surface area contributed by atoms with Crippen LogP contribution in [0.4, 0.5) is 5.69 Å². The highest BCUT2D eigenvalue weighted by molar-refractivity contribution is 5.97. The molecule has 1 aromatic rings. The van der Waals surface area contributed by atoms with Gasteiger partial charge in [-0.2, -0.15) is 0 Å². The van der Waals surface area contributed by atoms with Crippen LogP contribution in [-0.2, 0) is 19.0 Å². The van der Waals surface area contributed by atoms with Crippen LogP contribution in [0.3, 0.4) is 0 Å². The molecule has 0 heterocycles. The average molecular weight is 425 g/mol. The van der Waals surface area contributed by atoms with Crippen LogP contribution in [0.5, 0.6) is 0 Å². The number of hydroxylamine groups is 1. The standard InChI is InChI=1S/C19H27N3O8/c1-3-11-29-12-16(30-13-28-4-2)9-10-17(19(24)21-25)20-18(23)14-5-7-15(8-6-14)22(26)27/h3,5-8,16-17,25H,1,4,9-13H2,2H3,(H,20,23)(H,21,24)/t16?,17-/m1/s1. The smallest absolute Gasteiger partial charge is 0.269 e. The first-order valence-corrected chi connectivity index (χ1v) is 9.30. The molecule has 11 nitrogen and oxygen atoms in total. The Hall–Kier alpha value is -2.86. The number of nitro groups is 1. The van der Waals surface area contributed by atoms with Gasteiger partial charge in [0.15, 0.2) is 0 Å². The molecule has 0 radical (unpaired) electrons. The molecule has 0 saturated carbocycles. The van der Waals surface area contributed by atoms with Gasteiger partial charge in [0.2, 0.25) is 0 Å². The first kappa shape index (κ1) is 25.2. The Balaban J connectivity index is 2.73. The van der Waals surface area contributed by atoms with Crippen LogP contribution in [0.15, 0.2) is 36.9 Å². The Morgan fingerprint density at radius 2 is 1.97 bits per heavy atom. The highest BCUT2D eigenvalue weighted by Gasteiger charge is 2.23. The maximum absolute atomic E-state index is 12.4. The zero-order valence-electron chi connectivity index (χ0n) is 16.7. The van der Waals surface area contributed by atoms with Gasteiger partial charge >= 0.3 is 0 Å². The number of ether oxygens (including phenoxy) is 3. The Kier molecular flexibility index (Phi) is 11.9. The summed E-state index contributed by atoms with van der Waals surface area (Å²) in [6.07, 6.45) is 1.63. The van der Waals surface area contributed by atoms with Gasteiger partial charge in [-0.3, -0.25) is 24.9 Å². The average Bonchev–Trinajstić information content (AvgIpc) is 2.75. The van der Waals surface area contributed by atoms with Crippen molar-refractivity contribution in [3.8, 4) is 0 Å². The van der Waals surface area contributed by atoms with E-state index < -0.39 is 28.9 Å². The number of nitro benzene ring substituents is 1. The Morgan fingerprint density at radius 1 is 1.27 bits per heavy atom. The van der Waals surface area contributed by atoms with Gasteiger partial charge in [0.05, 0.1) is 24.2 Å². The number of hydrogen-bond acceptors (Lipinski definition) is 8. The number of nitrogens with zero attached hydrogens (tertiary/aromatic N) is 1. The van der Waals surface area contributed by atoms with Gasteiger partial charge in [0.25, 0.3) is 17.5 Å². The van der Waals surface area contributed by atoms with Gasteiger partial charge in [-0.05, 0) is 31.9 Å². The fraction of sp³-hybridized carbons (Fsp3) is 0.474. The summed E-state index contributed by atoms with van der Waals surface area (Å²) in [5, 5.41) is 22.2. The van der Waals surface area contributed by atoms with Crippen molar-refractivity contribution in [1.29, 1.82) is 0 Å². The van der Waals surface area contributed by atoms with E-state index >= 15 is 0 Å². The van der Waals surface area contributed by atoms with E-state index in [-0.39, 0.29) is 31.1 Å². The van der Waals surface area contributed by atoms with Crippen LogP contribution in [-0.4, -0.2) is 60.7 Å². The number of rotatable bonds is 15. The van der Waals surface area contributed by atoms with Crippen molar-refractivity contribution in [2.45, 2.75) is 31.9 Å². The molecule has 0 aromatic heterocycles. The molecule has 30 heavy (non-hydrogen) atoms. The molecule has 1 rings (SSSR count). The minimum Gasteiger partial charge on any atom is -0.375 e. The summed E-state index contributed by atoms with van der Waals surface area (Å²) >= 11 is 0. The molecule has 0 aliphatic heterocycles. The molecule has 0 spiro atoms. The van der Waals surface area contributed by atoms with Crippen molar-refractivity contribution in [1.82, 2.24) is 10.8 Å². The van der Waals surface area contributed by atoms with E-state index in [1.54, 1.807) is 6.08 Å². The second-order valence-corrected chi connectivity index (χ2v) is 6.11. The summed E-state index contributed by atoms with van der Waals surface area (Å²) in [5.41, 5.74) is 1.49. The molecule has 2 atom stereocenters. The van der Waals surface area contributed by atoms with E-state index in [1.807, 2.05) is 6.92 Å². The van der Waals surface area contributed by atoms with Crippen LogP contribution in [0.1, 0.15) is 30.1 Å². The lowest BCUT2D eigenvalue weighted by atomic mass is 10.1. The fourth-order valence-electron chi connectivity index (χ4n) is 2.40. The summed E-state index contributed by atoms with van der Waals surface area (Å²) in [7, 11) is 0. The molecule has 0 aliphatic carbocycles. The predicted molar refractivity (Wildman–Crippen MR) is 106 cm³/mol. The second-order valence-electron chi connectivity index (χ2n) is 6.11. The van der Waals surface area contributed by atoms with Crippen LogP contribution in [0, 0.1) is 10.1 Å². The van der Waals surface area contributed by atoms with Gasteiger partial charge in [-0.25, -0.2) is 5.48 Å². The summed E-state index contributed by atoms with van der Waals surface area (Å²) in [6, 6.07) is 3.86. The molecule has 0 aliphatic rings. The quantitative estimate of drug-likeness (QED) is 0.0957. The minimum absolute atomic E-state index is 0.0463. The zero-order valence-corrected chi connectivity index (χ0v) is 16.7. The van der Waals surface area contributed by atoms with E-state index in [2.05, 4.69) is 11.9 Å². The number of benzene rings is 1. The predicted octanol–water partition coefficient (Wildman–Crippen LogP) is 1.56. The van der Waals surface area contributed by atoms with Gasteiger partial charge < -0.3 is 19.5 Å². The highest BCUT2D eigenvalue weighted by Crippen LogP contribution is 2.13. The summed E-state index contributed by atoms with van der Waals surface area (Å²) in [4.78, 5) is 34.5. The normalized spacial score (nSPS) is 12.6.